The summed E-state index contributed by atoms with van der Waals surface area (Å²) in [4.78, 5) is 16.2. The minimum absolute atomic E-state index is 0.0247. The normalized spacial score (nSPS) is 11.3. The maximum absolute atomic E-state index is 10.8. The molecule has 29 heavy (non-hydrogen) atoms. The van der Waals surface area contributed by atoms with Gasteiger partial charge >= 0.3 is 5.97 Å². The molecule has 0 bridgehead atoms. The number of carboxylic acids is 1. The van der Waals surface area contributed by atoms with Gasteiger partial charge in [0.25, 0.3) is 0 Å². The van der Waals surface area contributed by atoms with Crippen molar-refractivity contribution in [3.63, 3.8) is 0 Å². The number of oxime groups is 1. The number of hydrogen-bond acceptors (Lipinski definition) is 5. The number of carboxylic acid groups (broad SMARTS) is 1. The highest BCUT2D eigenvalue weighted by Gasteiger charge is 2.05. The molecule has 0 saturated carbocycles. The number of ether oxygens (including phenoxy) is 1. The largest absolute Gasteiger partial charge is 0.490 e. The first-order chi connectivity index (χ1) is 14.2. The predicted octanol–water partition coefficient (Wildman–Crippen LogP) is 5.25. The average molecular weight is 410 g/mol. The molecule has 0 saturated heterocycles. The van der Waals surface area contributed by atoms with Crippen molar-refractivity contribution < 1.29 is 19.5 Å². The lowest BCUT2D eigenvalue weighted by Gasteiger charge is -2.08. The molecule has 0 atom stereocenters. The molecule has 0 unspecified atom stereocenters. The molecule has 5 nitrogen and oxygen atoms in total. The Bertz CT molecular complexity index is 949. The third kappa shape index (κ3) is 6.19. The number of hydrogen-bond donors (Lipinski definition) is 1. The summed E-state index contributed by atoms with van der Waals surface area (Å²) in [5.41, 5.74) is 5.02. The van der Waals surface area contributed by atoms with E-state index in [1.54, 1.807) is 35.6 Å². The lowest BCUT2D eigenvalue weighted by molar-refractivity contribution is -0.136. The van der Waals surface area contributed by atoms with E-state index in [1.165, 1.54) is 11.1 Å². The zero-order valence-electron chi connectivity index (χ0n) is 16.2. The summed E-state index contributed by atoms with van der Waals surface area (Å²) in [5, 5.41) is 17.3. The zero-order valence-corrected chi connectivity index (χ0v) is 17.0. The van der Waals surface area contributed by atoms with Crippen molar-refractivity contribution in [2.24, 2.45) is 5.16 Å². The lowest BCUT2D eigenvalue weighted by atomic mass is 10.0. The van der Waals surface area contributed by atoms with Crippen molar-refractivity contribution in [1.29, 1.82) is 0 Å². The summed E-state index contributed by atoms with van der Waals surface area (Å²) in [6, 6.07) is 17.5. The summed E-state index contributed by atoms with van der Waals surface area (Å²) >= 11 is 1.69. The predicted molar refractivity (Wildman–Crippen MR) is 116 cm³/mol. The molecular formula is C23H23NO4S. The Labute approximate surface area is 174 Å². The van der Waals surface area contributed by atoms with Gasteiger partial charge in [0, 0.05) is 0 Å². The summed E-state index contributed by atoms with van der Waals surface area (Å²) in [5.74, 6) is -0.244. The number of thiophene rings is 1. The molecule has 1 N–H and O–H groups in total. The molecule has 150 valence electrons. The van der Waals surface area contributed by atoms with Crippen molar-refractivity contribution in [3.8, 4) is 16.9 Å². The summed E-state index contributed by atoms with van der Waals surface area (Å²) in [6.45, 7) is 2.67. The van der Waals surface area contributed by atoms with Crippen LogP contribution >= 0.6 is 11.3 Å². The summed E-state index contributed by atoms with van der Waals surface area (Å²) < 4.78 is 5.62. The van der Waals surface area contributed by atoms with Crippen molar-refractivity contribution in [2.45, 2.75) is 19.8 Å². The Morgan fingerprint density at radius 1 is 1.07 bits per heavy atom. The molecule has 2 aromatic carbocycles. The van der Waals surface area contributed by atoms with Crippen LogP contribution in [0.15, 0.2) is 70.5 Å². The standard InChI is InChI=1S/C23H23NO4S/c1-2-22(19-8-6-18(7-9-19)20-10-13-29-16-20)24-28-12-11-27-21-5-3-4-17(14-21)15-23(25)26/h3-10,13-14,16H,2,11-12,15H2,1H3,(H,25,26)/b24-22+. The minimum Gasteiger partial charge on any atom is -0.490 e. The van der Waals surface area contributed by atoms with Gasteiger partial charge in [-0.3, -0.25) is 4.79 Å². The van der Waals surface area contributed by atoms with Gasteiger partial charge in [0.2, 0.25) is 0 Å². The van der Waals surface area contributed by atoms with E-state index in [9.17, 15) is 4.79 Å². The van der Waals surface area contributed by atoms with Crippen LogP contribution < -0.4 is 4.74 Å². The van der Waals surface area contributed by atoms with E-state index in [1.807, 2.05) is 6.92 Å². The third-order valence-electron chi connectivity index (χ3n) is 4.28. The van der Waals surface area contributed by atoms with Crippen LogP contribution in [0.4, 0.5) is 0 Å². The first-order valence-corrected chi connectivity index (χ1v) is 10.4. The maximum Gasteiger partial charge on any atom is 0.307 e. The van der Waals surface area contributed by atoms with Gasteiger partial charge in [-0.05, 0) is 57.6 Å². The Balaban J connectivity index is 1.50. The molecule has 0 aliphatic heterocycles. The number of aliphatic carboxylic acids is 1. The first kappa shape index (κ1) is 20.6. The van der Waals surface area contributed by atoms with Gasteiger partial charge in [-0.2, -0.15) is 11.3 Å². The van der Waals surface area contributed by atoms with Crippen LogP contribution in [0, 0.1) is 0 Å². The fraction of sp³-hybridized carbons (Fsp3) is 0.217. The molecular weight excluding hydrogens is 386 g/mol. The van der Waals surface area contributed by atoms with Crippen LogP contribution in [0.5, 0.6) is 5.75 Å². The van der Waals surface area contributed by atoms with E-state index in [-0.39, 0.29) is 6.42 Å². The van der Waals surface area contributed by atoms with Crippen LogP contribution in [0.25, 0.3) is 11.1 Å². The molecule has 0 radical (unpaired) electrons. The van der Waals surface area contributed by atoms with Crippen molar-refractivity contribution in [1.82, 2.24) is 0 Å². The topological polar surface area (TPSA) is 68.1 Å². The molecule has 0 aliphatic rings. The highest BCUT2D eigenvalue weighted by Crippen LogP contribution is 2.22. The molecule has 0 amide bonds. The molecule has 1 heterocycles. The van der Waals surface area contributed by atoms with Gasteiger partial charge in [0.1, 0.15) is 12.4 Å². The molecule has 0 fully saturated rings. The van der Waals surface area contributed by atoms with E-state index in [2.05, 4.69) is 46.2 Å². The monoisotopic (exact) mass is 409 g/mol. The summed E-state index contributed by atoms with van der Waals surface area (Å²) in [6.07, 6.45) is 0.735. The molecule has 0 spiro atoms. The number of carbonyl (C=O) groups is 1. The fourth-order valence-electron chi connectivity index (χ4n) is 2.85. The van der Waals surface area contributed by atoms with Gasteiger partial charge in [0.05, 0.1) is 12.1 Å². The van der Waals surface area contributed by atoms with Crippen LogP contribution in [-0.2, 0) is 16.1 Å². The minimum atomic E-state index is -0.865. The molecule has 6 heteroatoms. The number of nitrogens with zero attached hydrogens (tertiary/aromatic N) is 1. The molecule has 1 aromatic heterocycles. The Morgan fingerprint density at radius 2 is 1.90 bits per heavy atom. The van der Waals surface area contributed by atoms with Gasteiger partial charge in [-0.1, -0.05) is 48.5 Å². The van der Waals surface area contributed by atoms with E-state index in [0.29, 0.717) is 24.5 Å². The second kappa shape index (κ2) is 10.4. The molecule has 3 aromatic rings. The van der Waals surface area contributed by atoms with Gasteiger partial charge < -0.3 is 14.7 Å². The van der Waals surface area contributed by atoms with Gasteiger partial charge in [-0.15, -0.1) is 0 Å². The van der Waals surface area contributed by atoms with E-state index >= 15 is 0 Å². The number of rotatable bonds is 10. The van der Waals surface area contributed by atoms with Crippen molar-refractivity contribution >= 4 is 23.0 Å². The van der Waals surface area contributed by atoms with Crippen LogP contribution in [0.2, 0.25) is 0 Å². The van der Waals surface area contributed by atoms with Gasteiger partial charge in [0.15, 0.2) is 6.61 Å². The van der Waals surface area contributed by atoms with E-state index in [4.69, 9.17) is 14.7 Å². The first-order valence-electron chi connectivity index (χ1n) is 9.41. The highest BCUT2D eigenvalue weighted by atomic mass is 32.1. The number of benzene rings is 2. The van der Waals surface area contributed by atoms with Gasteiger partial charge in [-0.25, -0.2) is 0 Å². The average Bonchev–Trinajstić information content (AvgIpc) is 3.26. The van der Waals surface area contributed by atoms with E-state index < -0.39 is 5.97 Å². The second-order valence-corrected chi connectivity index (χ2v) is 7.16. The van der Waals surface area contributed by atoms with Crippen molar-refractivity contribution in [3.05, 3.63) is 76.5 Å². The van der Waals surface area contributed by atoms with Crippen LogP contribution in [-0.4, -0.2) is 30.0 Å². The lowest BCUT2D eigenvalue weighted by Crippen LogP contribution is -2.07. The van der Waals surface area contributed by atoms with Crippen LogP contribution in [0.3, 0.4) is 0 Å². The Kier molecular flexibility index (Phi) is 7.41. The third-order valence-corrected chi connectivity index (χ3v) is 4.96. The maximum atomic E-state index is 10.8. The smallest absolute Gasteiger partial charge is 0.307 e. The van der Waals surface area contributed by atoms with E-state index in [0.717, 1.165) is 17.7 Å². The molecule has 0 aliphatic carbocycles. The second-order valence-electron chi connectivity index (χ2n) is 6.38. The Hall–Kier alpha value is -3.12. The van der Waals surface area contributed by atoms with Crippen LogP contribution in [0.1, 0.15) is 24.5 Å². The van der Waals surface area contributed by atoms with Crippen molar-refractivity contribution in [2.75, 3.05) is 13.2 Å². The SMILES string of the molecule is CC/C(=N\OCCOc1cccc(CC(=O)O)c1)c1ccc(-c2ccsc2)cc1. The molecule has 3 rings (SSSR count). The Morgan fingerprint density at radius 3 is 2.59 bits per heavy atom. The quantitative estimate of drug-likeness (QED) is 0.282. The highest BCUT2D eigenvalue weighted by molar-refractivity contribution is 7.08. The zero-order chi connectivity index (χ0) is 20.5. The fourth-order valence-corrected chi connectivity index (χ4v) is 3.51. The summed E-state index contributed by atoms with van der Waals surface area (Å²) in [7, 11) is 0.